The molecule has 0 spiro atoms. The Kier molecular flexibility index (Phi) is 5.44. The van der Waals surface area contributed by atoms with E-state index in [1.54, 1.807) is 42.5 Å². The van der Waals surface area contributed by atoms with Crippen LogP contribution in [0.15, 0.2) is 59.5 Å². The van der Waals surface area contributed by atoms with E-state index in [-0.39, 0.29) is 17.5 Å². The molecular formula is C23H21ClN2O5S. The Hall–Kier alpha value is -2.81. The Morgan fingerprint density at radius 2 is 2.00 bits per heavy atom. The highest BCUT2D eigenvalue weighted by molar-refractivity contribution is 7.93. The van der Waals surface area contributed by atoms with Gasteiger partial charge in [-0.25, -0.2) is 8.42 Å². The van der Waals surface area contributed by atoms with Gasteiger partial charge in [0.2, 0.25) is 5.91 Å². The van der Waals surface area contributed by atoms with Crippen molar-refractivity contribution in [2.24, 2.45) is 0 Å². The standard InChI is InChI=1S/C23H21ClN2O5S/c24-16-9-10-20(31-14-17-6-3-11-30-17)18(12-16)25-22(27)13-26-19-7-1-4-15-5-2-8-21(23(15)19)32(26,28)29/h1-2,4-5,7-10,12,17H,3,6,11,13-14H2,(H,25,27). The van der Waals surface area contributed by atoms with Gasteiger partial charge in [-0.3, -0.25) is 9.10 Å². The molecule has 166 valence electrons. The van der Waals surface area contributed by atoms with Crippen LogP contribution in [-0.4, -0.2) is 40.2 Å². The third-order valence-corrected chi connectivity index (χ3v) is 7.67. The lowest BCUT2D eigenvalue weighted by Gasteiger charge is -2.19. The van der Waals surface area contributed by atoms with Crippen LogP contribution < -0.4 is 14.4 Å². The number of nitrogens with zero attached hydrogens (tertiary/aromatic N) is 1. The van der Waals surface area contributed by atoms with E-state index in [4.69, 9.17) is 21.1 Å². The van der Waals surface area contributed by atoms with Crippen LogP contribution in [0.25, 0.3) is 10.8 Å². The summed E-state index contributed by atoms with van der Waals surface area (Å²) in [4.78, 5) is 13.1. The molecule has 2 aliphatic heterocycles. The van der Waals surface area contributed by atoms with Gasteiger partial charge in [0.1, 0.15) is 18.9 Å². The van der Waals surface area contributed by atoms with Gasteiger partial charge in [-0.2, -0.15) is 0 Å². The number of ether oxygens (including phenoxy) is 2. The number of nitrogens with one attached hydrogen (secondary N) is 1. The number of benzene rings is 3. The van der Waals surface area contributed by atoms with Gasteiger partial charge in [0.05, 0.1) is 22.4 Å². The van der Waals surface area contributed by atoms with E-state index < -0.39 is 15.9 Å². The quantitative estimate of drug-likeness (QED) is 0.581. The summed E-state index contributed by atoms with van der Waals surface area (Å²) in [5, 5.41) is 4.62. The minimum Gasteiger partial charge on any atom is -0.489 e. The molecule has 1 amide bonds. The van der Waals surface area contributed by atoms with Crippen molar-refractivity contribution in [2.45, 2.75) is 23.8 Å². The molecule has 0 bridgehead atoms. The largest absolute Gasteiger partial charge is 0.489 e. The van der Waals surface area contributed by atoms with Crippen molar-refractivity contribution >= 4 is 49.7 Å². The van der Waals surface area contributed by atoms with Crippen LogP contribution in [0.1, 0.15) is 12.8 Å². The second kappa shape index (κ2) is 8.27. The predicted molar refractivity (Wildman–Crippen MR) is 123 cm³/mol. The number of amides is 1. The van der Waals surface area contributed by atoms with Crippen LogP contribution in [0.5, 0.6) is 5.75 Å². The van der Waals surface area contributed by atoms with E-state index in [0.29, 0.717) is 34.1 Å². The minimum atomic E-state index is -3.83. The highest BCUT2D eigenvalue weighted by Gasteiger charge is 2.36. The summed E-state index contributed by atoms with van der Waals surface area (Å²) in [6, 6.07) is 15.4. The van der Waals surface area contributed by atoms with Crippen LogP contribution in [-0.2, 0) is 19.6 Å². The molecule has 2 heterocycles. The molecule has 0 aliphatic carbocycles. The molecule has 1 N–H and O–H groups in total. The number of halogens is 1. The first-order chi connectivity index (χ1) is 15.4. The summed E-state index contributed by atoms with van der Waals surface area (Å²) in [6.07, 6.45) is 1.94. The maximum absolute atomic E-state index is 13.1. The maximum Gasteiger partial charge on any atom is 0.265 e. The van der Waals surface area contributed by atoms with Crippen molar-refractivity contribution in [3.05, 3.63) is 59.6 Å². The predicted octanol–water partition coefficient (Wildman–Crippen LogP) is 4.20. The van der Waals surface area contributed by atoms with Crippen LogP contribution in [0.2, 0.25) is 5.02 Å². The molecule has 0 saturated carbocycles. The van der Waals surface area contributed by atoms with Crippen molar-refractivity contribution in [1.82, 2.24) is 0 Å². The number of hydrogen-bond acceptors (Lipinski definition) is 5. The highest BCUT2D eigenvalue weighted by Crippen LogP contribution is 2.41. The van der Waals surface area contributed by atoms with Crippen molar-refractivity contribution in [2.75, 3.05) is 29.4 Å². The molecular weight excluding hydrogens is 452 g/mol. The number of anilines is 2. The van der Waals surface area contributed by atoms with Crippen molar-refractivity contribution in [3.63, 3.8) is 0 Å². The normalized spacial score (nSPS) is 18.8. The number of hydrogen-bond donors (Lipinski definition) is 1. The molecule has 32 heavy (non-hydrogen) atoms. The molecule has 9 heteroatoms. The van der Waals surface area contributed by atoms with Gasteiger partial charge in [-0.1, -0.05) is 35.9 Å². The number of carbonyl (C=O) groups excluding carboxylic acids is 1. The third kappa shape index (κ3) is 3.79. The summed E-state index contributed by atoms with van der Waals surface area (Å²) < 4.78 is 38.8. The molecule has 0 radical (unpaired) electrons. The smallest absolute Gasteiger partial charge is 0.265 e. The zero-order valence-electron chi connectivity index (χ0n) is 17.1. The Morgan fingerprint density at radius 1 is 1.19 bits per heavy atom. The van der Waals surface area contributed by atoms with E-state index in [1.165, 1.54) is 0 Å². The zero-order chi connectivity index (χ0) is 22.3. The molecule has 2 aliphatic rings. The van der Waals surface area contributed by atoms with Gasteiger partial charge in [-0.05, 0) is 48.6 Å². The van der Waals surface area contributed by atoms with Gasteiger partial charge in [0, 0.05) is 17.0 Å². The summed E-state index contributed by atoms with van der Waals surface area (Å²) in [7, 11) is -3.83. The number of sulfonamides is 1. The molecule has 5 rings (SSSR count). The van der Waals surface area contributed by atoms with Crippen LogP contribution in [0, 0.1) is 0 Å². The average Bonchev–Trinajstić information content (AvgIpc) is 3.36. The van der Waals surface area contributed by atoms with Gasteiger partial charge >= 0.3 is 0 Å². The monoisotopic (exact) mass is 472 g/mol. The lowest BCUT2D eigenvalue weighted by Crippen LogP contribution is -2.35. The lowest BCUT2D eigenvalue weighted by atomic mass is 10.1. The fraction of sp³-hybridized carbons (Fsp3) is 0.261. The Bertz CT molecular complexity index is 1300. The molecule has 1 atom stereocenters. The first kappa shape index (κ1) is 21.1. The van der Waals surface area contributed by atoms with E-state index in [2.05, 4.69) is 5.32 Å². The lowest BCUT2D eigenvalue weighted by molar-refractivity contribution is -0.114. The van der Waals surface area contributed by atoms with E-state index in [9.17, 15) is 13.2 Å². The summed E-state index contributed by atoms with van der Waals surface area (Å²) in [6.45, 7) is 0.716. The highest BCUT2D eigenvalue weighted by atomic mass is 35.5. The van der Waals surface area contributed by atoms with Crippen LogP contribution in [0.3, 0.4) is 0 Å². The molecule has 1 saturated heterocycles. The zero-order valence-corrected chi connectivity index (χ0v) is 18.7. The van der Waals surface area contributed by atoms with E-state index in [1.807, 2.05) is 12.1 Å². The number of rotatable bonds is 6. The van der Waals surface area contributed by atoms with E-state index in [0.717, 1.165) is 29.1 Å². The van der Waals surface area contributed by atoms with E-state index >= 15 is 0 Å². The Labute approximate surface area is 190 Å². The van der Waals surface area contributed by atoms with Gasteiger partial charge in [-0.15, -0.1) is 0 Å². The molecule has 1 unspecified atom stereocenters. The van der Waals surface area contributed by atoms with Crippen molar-refractivity contribution in [3.8, 4) is 5.75 Å². The number of carbonyl (C=O) groups is 1. The fourth-order valence-electron chi connectivity index (χ4n) is 4.13. The second-order valence-corrected chi connectivity index (χ2v) is 10.0. The average molecular weight is 473 g/mol. The molecule has 3 aromatic rings. The van der Waals surface area contributed by atoms with Gasteiger partial charge in [0.15, 0.2) is 0 Å². The molecule has 1 fully saturated rings. The summed E-state index contributed by atoms with van der Waals surface area (Å²) >= 11 is 6.12. The second-order valence-electron chi connectivity index (χ2n) is 7.78. The first-order valence-corrected chi connectivity index (χ1v) is 12.1. The van der Waals surface area contributed by atoms with Crippen molar-refractivity contribution in [1.29, 1.82) is 0 Å². The SMILES string of the molecule is O=C(CN1c2cccc3cccc(c23)S1(=O)=O)Nc1cc(Cl)ccc1OCC1CCCO1. The first-order valence-electron chi connectivity index (χ1n) is 10.3. The maximum atomic E-state index is 13.1. The molecule has 0 aromatic heterocycles. The summed E-state index contributed by atoms with van der Waals surface area (Å²) in [5.74, 6) is -0.0458. The Balaban J connectivity index is 1.36. The van der Waals surface area contributed by atoms with Crippen LogP contribution >= 0.6 is 11.6 Å². The van der Waals surface area contributed by atoms with Crippen LogP contribution in [0.4, 0.5) is 11.4 Å². The van der Waals surface area contributed by atoms with Gasteiger partial charge < -0.3 is 14.8 Å². The third-order valence-electron chi connectivity index (χ3n) is 5.63. The molecule has 3 aromatic carbocycles. The fourth-order valence-corrected chi connectivity index (χ4v) is 5.97. The Morgan fingerprint density at radius 3 is 2.78 bits per heavy atom. The minimum absolute atomic E-state index is 0.0166. The topological polar surface area (TPSA) is 84.9 Å². The van der Waals surface area contributed by atoms with Crippen molar-refractivity contribution < 1.29 is 22.7 Å². The summed E-state index contributed by atoms with van der Waals surface area (Å²) in [5.41, 5.74) is 0.877. The van der Waals surface area contributed by atoms with Gasteiger partial charge in [0.25, 0.3) is 10.0 Å². The molecule has 7 nitrogen and oxygen atoms in total.